The van der Waals surface area contributed by atoms with Crippen molar-refractivity contribution in [3.8, 4) is 0 Å². The second-order valence-electron chi connectivity index (χ2n) is 7.01. The van der Waals surface area contributed by atoms with Crippen LogP contribution in [0.15, 0.2) is 30.3 Å². The van der Waals surface area contributed by atoms with E-state index in [1.165, 1.54) is 10.5 Å². The van der Waals surface area contributed by atoms with Gasteiger partial charge in [0.2, 0.25) is 5.91 Å². The lowest BCUT2D eigenvalue weighted by Gasteiger charge is -2.45. The normalized spacial score (nSPS) is 29.7. The van der Waals surface area contributed by atoms with Crippen molar-refractivity contribution >= 4 is 11.9 Å². The smallest absolute Gasteiger partial charge is 0.318 e. The van der Waals surface area contributed by atoms with Gasteiger partial charge in [-0.05, 0) is 37.8 Å². The maximum atomic E-state index is 12.1. The quantitative estimate of drug-likeness (QED) is 0.761. The van der Waals surface area contributed by atoms with E-state index in [9.17, 15) is 9.59 Å². The van der Waals surface area contributed by atoms with E-state index in [-0.39, 0.29) is 23.7 Å². The molecule has 0 unspecified atom stereocenters. The summed E-state index contributed by atoms with van der Waals surface area (Å²) < 4.78 is 0. The van der Waals surface area contributed by atoms with E-state index >= 15 is 0 Å². The van der Waals surface area contributed by atoms with Crippen LogP contribution in [0.2, 0.25) is 0 Å². The molecule has 2 fully saturated rings. The molecule has 0 radical (unpaired) electrons. The van der Waals surface area contributed by atoms with Crippen molar-refractivity contribution in [2.24, 2.45) is 5.73 Å². The van der Waals surface area contributed by atoms with Crippen LogP contribution in [0.25, 0.3) is 0 Å². The SMILES string of the molecule is CCN[C@]1(c2ccccc2)CC[C@]2(CC1)CN(CC(N)=O)C(=O)N2. The summed E-state index contributed by atoms with van der Waals surface area (Å²) in [5.41, 5.74) is 6.27. The Kier molecular flexibility index (Phi) is 4.49. The number of benzene rings is 1. The summed E-state index contributed by atoms with van der Waals surface area (Å²) in [5, 5.41) is 6.78. The van der Waals surface area contributed by atoms with Gasteiger partial charge in [-0.1, -0.05) is 37.3 Å². The second kappa shape index (κ2) is 6.43. The number of rotatable bonds is 5. The number of hydrogen-bond acceptors (Lipinski definition) is 3. The summed E-state index contributed by atoms with van der Waals surface area (Å²) in [6, 6.07) is 10.4. The maximum absolute atomic E-state index is 12.1. The first-order valence-electron chi connectivity index (χ1n) is 8.65. The average molecular weight is 330 g/mol. The molecule has 1 heterocycles. The Morgan fingerprint density at radius 1 is 1.25 bits per heavy atom. The minimum absolute atomic E-state index is 0.00930. The summed E-state index contributed by atoms with van der Waals surface area (Å²) in [5.74, 6) is -0.468. The summed E-state index contributed by atoms with van der Waals surface area (Å²) in [6.45, 7) is 3.58. The fourth-order valence-electron chi connectivity index (χ4n) is 4.20. The number of amides is 3. The van der Waals surface area contributed by atoms with Crippen LogP contribution in [0.5, 0.6) is 0 Å². The van der Waals surface area contributed by atoms with Gasteiger partial charge in [-0.25, -0.2) is 4.79 Å². The molecule has 6 heteroatoms. The largest absolute Gasteiger partial charge is 0.368 e. The Labute approximate surface area is 142 Å². The Balaban J connectivity index is 1.74. The Morgan fingerprint density at radius 3 is 2.50 bits per heavy atom. The van der Waals surface area contributed by atoms with E-state index in [0.29, 0.717) is 6.54 Å². The van der Waals surface area contributed by atoms with Crippen molar-refractivity contribution < 1.29 is 9.59 Å². The third-order valence-corrected chi connectivity index (χ3v) is 5.40. The topological polar surface area (TPSA) is 87.5 Å². The van der Waals surface area contributed by atoms with E-state index in [2.05, 4.69) is 41.8 Å². The predicted octanol–water partition coefficient (Wildman–Crippen LogP) is 1.31. The Hall–Kier alpha value is -2.08. The van der Waals surface area contributed by atoms with Gasteiger partial charge in [0.05, 0.1) is 5.54 Å². The fourth-order valence-corrected chi connectivity index (χ4v) is 4.20. The van der Waals surface area contributed by atoms with E-state index in [4.69, 9.17) is 5.73 Å². The van der Waals surface area contributed by atoms with Gasteiger partial charge in [0.1, 0.15) is 6.54 Å². The van der Waals surface area contributed by atoms with Gasteiger partial charge in [-0.2, -0.15) is 0 Å². The first-order valence-corrected chi connectivity index (χ1v) is 8.65. The molecule has 130 valence electrons. The van der Waals surface area contributed by atoms with E-state index in [1.54, 1.807) is 0 Å². The summed E-state index contributed by atoms with van der Waals surface area (Å²) in [7, 11) is 0. The number of hydrogen-bond donors (Lipinski definition) is 3. The van der Waals surface area contributed by atoms with E-state index in [1.807, 2.05) is 6.07 Å². The van der Waals surface area contributed by atoms with Gasteiger partial charge < -0.3 is 21.3 Å². The number of carbonyl (C=O) groups is 2. The third kappa shape index (κ3) is 3.11. The molecule has 4 N–H and O–H groups in total. The average Bonchev–Trinajstić information content (AvgIpc) is 2.86. The molecule has 2 aliphatic rings. The van der Waals surface area contributed by atoms with Crippen LogP contribution in [0, 0.1) is 0 Å². The van der Waals surface area contributed by atoms with Crippen molar-refractivity contribution in [2.75, 3.05) is 19.6 Å². The molecule has 0 atom stereocenters. The van der Waals surface area contributed by atoms with Crippen molar-refractivity contribution in [3.05, 3.63) is 35.9 Å². The van der Waals surface area contributed by atoms with Gasteiger partial charge in [0.25, 0.3) is 0 Å². The van der Waals surface area contributed by atoms with Crippen molar-refractivity contribution in [2.45, 2.75) is 43.7 Å². The van der Waals surface area contributed by atoms with Gasteiger partial charge in [0.15, 0.2) is 0 Å². The molecule has 1 aromatic carbocycles. The molecule has 0 bridgehead atoms. The highest BCUT2D eigenvalue weighted by atomic mass is 16.2. The number of nitrogens with two attached hydrogens (primary N) is 1. The zero-order chi connectivity index (χ0) is 17.2. The zero-order valence-corrected chi connectivity index (χ0v) is 14.2. The lowest BCUT2D eigenvalue weighted by Crippen LogP contribution is -2.54. The molecule has 3 rings (SSSR count). The van der Waals surface area contributed by atoms with E-state index in [0.717, 1.165) is 32.2 Å². The molecule has 0 aromatic heterocycles. The first kappa shape index (κ1) is 16.8. The van der Waals surface area contributed by atoms with Crippen molar-refractivity contribution in [3.63, 3.8) is 0 Å². The fraction of sp³-hybridized carbons (Fsp3) is 0.556. The molecule has 1 aromatic rings. The molecule has 1 aliphatic heterocycles. The molecule has 24 heavy (non-hydrogen) atoms. The molecule has 1 aliphatic carbocycles. The zero-order valence-electron chi connectivity index (χ0n) is 14.2. The first-order chi connectivity index (χ1) is 11.5. The van der Waals surface area contributed by atoms with Crippen LogP contribution in [0.3, 0.4) is 0 Å². The van der Waals surface area contributed by atoms with Gasteiger partial charge in [-0.15, -0.1) is 0 Å². The Bertz CT molecular complexity index is 609. The van der Waals surface area contributed by atoms with Crippen LogP contribution in [-0.2, 0) is 10.3 Å². The third-order valence-electron chi connectivity index (χ3n) is 5.40. The number of carbonyl (C=O) groups excluding carboxylic acids is 2. The van der Waals surface area contributed by atoms with Gasteiger partial charge in [0, 0.05) is 12.1 Å². The summed E-state index contributed by atoms with van der Waals surface area (Å²) in [6.07, 6.45) is 3.68. The number of nitrogens with zero attached hydrogens (tertiary/aromatic N) is 1. The highest BCUT2D eigenvalue weighted by Crippen LogP contribution is 2.43. The number of primary amides is 1. The van der Waals surface area contributed by atoms with Crippen LogP contribution < -0.4 is 16.4 Å². The maximum Gasteiger partial charge on any atom is 0.318 e. The molecular weight excluding hydrogens is 304 g/mol. The standard InChI is InChI=1S/C18H26N4O2/c1-2-20-18(14-6-4-3-5-7-14)10-8-17(9-11-18)13-22(12-15(19)23)16(24)21-17/h3-7,20H,2,8-13H2,1H3,(H2,19,23)(H,21,24)/t17-,18+. The minimum atomic E-state index is -0.468. The van der Waals surface area contributed by atoms with Gasteiger partial charge in [-0.3, -0.25) is 4.79 Å². The molecule has 1 saturated carbocycles. The lowest BCUT2D eigenvalue weighted by molar-refractivity contribution is -0.118. The van der Waals surface area contributed by atoms with Crippen LogP contribution in [-0.4, -0.2) is 42.0 Å². The highest BCUT2D eigenvalue weighted by Gasteiger charge is 2.49. The van der Waals surface area contributed by atoms with E-state index < -0.39 is 5.91 Å². The molecular formula is C18H26N4O2. The molecule has 3 amide bonds. The van der Waals surface area contributed by atoms with Crippen molar-refractivity contribution in [1.29, 1.82) is 0 Å². The Morgan fingerprint density at radius 2 is 1.92 bits per heavy atom. The molecule has 1 saturated heterocycles. The molecule has 1 spiro atoms. The summed E-state index contributed by atoms with van der Waals surface area (Å²) in [4.78, 5) is 24.8. The molecule has 6 nitrogen and oxygen atoms in total. The van der Waals surface area contributed by atoms with Crippen LogP contribution in [0.4, 0.5) is 4.79 Å². The predicted molar refractivity (Wildman–Crippen MR) is 92.3 cm³/mol. The second-order valence-corrected chi connectivity index (χ2v) is 7.01. The van der Waals surface area contributed by atoms with Gasteiger partial charge >= 0.3 is 6.03 Å². The monoisotopic (exact) mass is 330 g/mol. The lowest BCUT2D eigenvalue weighted by atomic mass is 9.69. The highest BCUT2D eigenvalue weighted by molar-refractivity contribution is 5.84. The minimum Gasteiger partial charge on any atom is -0.368 e. The van der Waals surface area contributed by atoms with Crippen LogP contribution >= 0.6 is 0 Å². The number of urea groups is 1. The summed E-state index contributed by atoms with van der Waals surface area (Å²) >= 11 is 0. The van der Waals surface area contributed by atoms with Crippen LogP contribution in [0.1, 0.15) is 38.2 Å². The number of nitrogens with one attached hydrogen (secondary N) is 2. The van der Waals surface area contributed by atoms with Crippen molar-refractivity contribution in [1.82, 2.24) is 15.5 Å².